The fourth-order valence-corrected chi connectivity index (χ4v) is 2.75. The van der Waals surface area contributed by atoms with E-state index in [0.29, 0.717) is 22.0 Å². The molecular weight excluding hydrogens is 303 g/mol. The lowest BCUT2D eigenvalue weighted by Crippen LogP contribution is -2.28. The van der Waals surface area contributed by atoms with Gasteiger partial charge in [-0.1, -0.05) is 18.2 Å². The van der Waals surface area contributed by atoms with Gasteiger partial charge < -0.3 is 4.90 Å². The number of carbonyl (C=O) groups excluding carboxylic acids is 2. The number of benzene rings is 2. The van der Waals surface area contributed by atoms with Crippen LogP contribution < -0.4 is 9.80 Å². The van der Waals surface area contributed by atoms with Crippen LogP contribution in [0.4, 0.5) is 20.9 Å². The van der Waals surface area contributed by atoms with Crippen LogP contribution in [-0.4, -0.2) is 18.9 Å². The average Bonchev–Trinajstić information content (AvgIpc) is 2.63. The Morgan fingerprint density at radius 1 is 1.00 bits per heavy atom. The topological polar surface area (TPSA) is 40.6 Å². The van der Waals surface area contributed by atoms with Crippen molar-refractivity contribution in [3.05, 3.63) is 48.5 Å². The molecule has 0 saturated heterocycles. The molecule has 0 saturated carbocycles. The summed E-state index contributed by atoms with van der Waals surface area (Å²) in [5.41, 5.74) is 1.74. The summed E-state index contributed by atoms with van der Waals surface area (Å²) in [4.78, 5) is 27.9. The molecule has 0 aromatic heterocycles. The molecule has 2 aromatic rings. The molecule has 3 rings (SSSR count). The van der Waals surface area contributed by atoms with Gasteiger partial charge in [-0.25, -0.2) is 0 Å². The maximum absolute atomic E-state index is 12.9. The third-order valence-electron chi connectivity index (χ3n) is 3.58. The molecule has 1 aliphatic heterocycles. The molecular formula is C16H13FN2O2S. The van der Waals surface area contributed by atoms with E-state index in [1.54, 1.807) is 37.4 Å². The van der Waals surface area contributed by atoms with E-state index in [2.05, 4.69) is 0 Å². The monoisotopic (exact) mass is 316 g/mol. The van der Waals surface area contributed by atoms with Crippen molar-refractivity contribution >= 4 is 41.0 Å². The molecule has 0 unspecified atom stereocenters. The molecule has 1 heterocycles. The van der Waals surface area contributed by atoms with Crippen LogP contribution in [0.2, 0.25) is 0 Å². The summed E-state index contributed by atoms with van der Waals surface area (Å²) < 4.78 is 12.9. The van der Waals surface area contributed by atoms with Crippen LogP contribution in [0.1, 0.15) is 6.42 Å². The van der Waals surface area contributed by atoms with E-state index in [9.17, 15) is 13.5 Å². The molecule has 6 heteroatoms. The number of hydrogen-bond acceptors (Lipinski definition) is 3. The second kappa shape index (κ2) is 5.81. The zero-order chi connectivity index (χ0) is 15.7. The Bertz CT molecular complexity index is 736. The maximum Gasteiger partial charge on any atom is 0.241 e. The number of amides is 2. The van der Waals surface area contributed by atoms with E-state index in [1.807, 2.05) is 18.2 Å². The predicted molar refractivity (Wildman–Crippen MR) is 85.0 cm³/mol. The molecule has 0 fully saturated rings. The number of fused-ring (bicyclic) bond motifs is 1. The van der Waals surface area contributed by atoms with Crippen molar-refractivity contribution in [3.63, 3.8) is 0 Å². The summed E-state index contributed by atoms with van der Waals surface area (Å²) in [5, 5.41) is 0. The van der Waals surface area contributed by atoms with Gasteiger partial charge in [0.1, 0.15) is 6.42 Å². The van der Waals surface area contributed by atoms with Crippen molar-refractivity contribution in [2.75, 3.05) is 16.8 Å². The summed E-state index contributed by atoms with van der Waals surface area (Å²) in [6.45, 7) is 0. The van der Waals surface area contributed by atoms with Gasteiger partial charge in [-0.15, -0.1) is 0 Å². The SMILES string of the molecule is CN1C(=O)CC(=O)N(c2ccccc2)c2cc(SF)ccc21. The first-order valence-electron chi connectivity index (χ1n) is 6.69. The Morgan fingerprint density at radius 2 is 1.73 bits per heavy atom. The number of rotatable bonds is 2. The van der Waals surface area contributed by atoms with Crippen LogP contribution in [0.25, 0.3) is 0 Å². The number of carbonyl (C=O) groups is 2. The minimum absolute atomic E-state index is 0.107. The van der Waals surface area contributed by atoms with Gasteiger partial charge in [0.05, 0.1) is 23.5 Å². The van der Waals surface area contributed by atoms with Crippen LogP contribution in [0.15, 0.2) is 53.4 Å². The third kappa shape index (κ3) is 2.46. The molecule has 0 bridgehead atoms. The Hall–Kier alpha value is -2.34. The molecule has 1 aliphatic rings. The molecule has 0 spiro atoms. The van der Waals surface area contributed by atoms with E-state index in [4.69, 9.17) is 0 Å². The average molecular weight is 316 g/mol. The van der Waals surface area contributed by atoms with Gasteiger partial charge in [0.2, 0.25) is 11.8 Å². The highest BCUT2D eigenvalue weighted by atomic mass is 32.2. The minimum atomic E-state index is -0.331. The fourth-order valence-electron chi connectivity index (χ4n) is 2.47. The van der Waals surface area contributed by atoms with Crippen LogP contribution in [0.5, 0.6) is 0 Å². The van der Waals surface area contributed by atoms with E-state index in [0.717, 1.165) is 0 Å². The molecule has 2 amide bonds. The lowest BCUT2D eigenvalue weighted by Gasteiger charge is -2.24. The first-order chi connectivity index (χ1) is 10.6. The number of hydrogen-bond donors (Lipinski definition) is 0. The zero-order valence-corrected chi connectivity index (χ0v) is 12.6. The first kappa shape index (κ1) is 14.6. The van der Waals surface area contributed by atoms with Crippen LogP contribution in [0.3, 0.4) is 0 Å². The second-order valence-electron chi connectivity index (χ2n) is 4.92. The molecule has 0 aliphatic carbocycles. The van der Waals surface area contributed by atoms with Gasteiger partial charge in [0, 0.05) is 17.6 Å². The Morgan fingerprint density at radius 3 is 2.41 bits per heavy atom. The highest BCUT2D eigenvalue weighted by molar-refractivity contribution is 7.94. The molecule has 112 valence electrons. The smallest absolute Gasteiger partial charge is 0.241 e. The van der Waals surface area contributed by atoms with Gasteiger partial charge in [-0.2, -0.15) is 3.89 Å². The number of para-hydroxylation sites is 1. The molecule has 22 heavy (non-hydrogen) atoms. The largest absolute Gasteiger partial charge is 0.313 e. The van der Waals surface area contributed by atoms with Gasteiger partial charge in [0.25, 0.3) is 0 Å². The number of anilines is 3. The maximum atomic E-state index is 12.9. The molecule has 0 atom stereocenters. The van der Waals surface area contributed by atoms with E-state index in [1.165, 1.54) is 9.80 Å². The van der Waals surface area contributed by atoms with Crippen molar-refractivity contribution in [3.8, 4) is 0 Å². The summed E-state index contributed by atoms with van der Waals surface area (Å²) >= 11 is 0.107. The molecule has 0 N–H and O–H groups in total. The lowest BCUT2D eigenvalue weighted by atomic mass is 10.2. The van der Waals surface area contributed by atoms with E-state index >= 15 is 0 Å². The highest BCUT2D eigenvalue weighted by Crippen LogP contribution is 2.39. The molecule has 2 aromatic carbocycles. The zero-order valence-electron chi connectivity index (χ0n) is 11.8. The van der Waals surface area contributed by atoms with Crippen LogP contribution in [0, 0.1) is 0 Å². The van der Waals surface area contributed by atoms with Crippen molar-refractivity contribution in [1.29, 1.82) is 0 Å². The quantitative estimate of drug-likeness (QED) is 0.793. The lowest BCUT2D eigenvalue weighted by molar-refractivity contribution is -0.125. The molecule has 4 nitrogen and oxygen atoms in total. The van der Waals surface area contributed by atoms with E-state index in [-0.39, 0.29) is 30.4 Å². The van der Waals surface area contributed by atoms with Crippen molar-refractivity contribution in [2.45, 2.75) is 11.3 Å². The summed E-state index contributed by atoms with van der Waals surface area (Å²) in [6, 6.07) is 13.9. The summed E-state index contributed by atoms with van der Waals surface area (Å²) in [6.07, 6.45) is -0.224. The van der Waals surface area contributed by atoms with Gasteiger partial charge in [0.15, 0.2) is 0 Å². The minimum Gasteiger partial charge on any atom is -0.313 e. The normalized spacial score (nSPS) is 14.8. The third-order valence-corrected chi connectivity index (χ3v) is 4.01. The van der Waals surface area contributed by atoms with E-state index < -0.39 is 0 Å². The Balaban J connectivity index is 2.23. The fraction of sp³-hybridized carbons (Fsp3) is 0.125. The summed E-state index contributed by atoms with van der Waals surface area (Å²) in [5.74, 6) is -0.617. The van der Waals surface area contributed by atoms with Crippen molar-refractivity contribution in [1.82, 2.24) is 0 Å². The van der Waals surface area contributed by atoms with Gasteiger partial charge in [-0.05, 0) is 30.3 Å². The van der Waals surface area contributed by atoms with Gasteiger partial charge in [-0.3, -0.25) is 14.5 Å². The Labute approximate surface area is 131 Å². The Kier molecular flexibility index (Phi) is 3.85. The van der Waals surface area contributed by atoms with Crippen molar-refractivity contribution < 1.29 is 13.5 Å². The standard InChI is InChI=1S/C16H13FN2O2S/c1-18-13-8-7-12(22-17)9-14(13)19(16(21)10-15(18)20)11-5-3-2-4-6-11/h2-9H,10H2,1H3. The number of halogens is 1. The molecule has 0 radical (unpaired) electrons. The predicted octanol–water partition coefficient (Wildman–Crippen LogP) is 3.69. The second-order valence-corrected chi connectivity index (χ2v) is 5.55. The van der Waals surface area contributed by atoms with Crippen molar-refractivity contribution in [2.24, 2.45) is 0 Å². The van der Waals surface area contributed by atoms with Crippen LogP contribution >= 0.6 is 12.1 Å². The van der Waals surface area contributed by atoms with Crippen LogP contribution in [-0.2, 0) is 9.59 Å². The highest BCUT2D eigenvalue weighted by Gasteiger charge is 2.30. The van der Waals surface area contributed by atoms with Gasteiger partial charge >= 0.3 is 0 Å². The summed E-state index contributed by atoms with van der Waals surface area (Å²) in [7, 11) is 1.62. The first-order valence-corrected chi connectivity index (χ1v) is 7.40. The number of nitrogens with zero attached hydrogens (tertiary/aromatic N) is 2.